The highest BCUT2D eigenvalue weighted by atomic mass is 16.5. The Kier molecular flexibility index (Phi) is 5.62. The van der Waals surface area contributed by atoms with Gasteiger partial charge in [-0.2, -0.15) is 0 Å². The molecular weight excluding hydrogens is 262 g/mol. The zero-order chi connectivity index (χ0) is 15.2. The first-order valence-electron chi connectivity index (χ1n) is 7.91. The van der Waals surface area contributed by atoms with Gasteiger partial charge in [-0.05, 0) is 43.5 Å². The third-order valence-electron chi connectivity index (χ3n) is 4.31. The molecule has 0 bridgehead atoms. The van der Waals surface area contributed by atoms with E-state index in [0.29, 0.717) is 17.4 Å². The first-order valence-corrected chi connectivity index (χ1v) is 7.91. The summed E-state index contributed by atoms with van der Waals surface area (Å²) in [6, 6.07) is 6.71. The van der Waals surface area contributed by atoms with Gasteiger partial charge in [0.2, 0.25) is 0 Å². The molecule has 0 amide bonds. The Morgan fingerprint density at radius 3 is 2.90 bits per heavy atom. The number of piperidine rings is 1. The molecule has 3 N–H and O–H groups in total. The third-order valence-corrected chi connectivity index (χ3v) is 4.31. The topological polar surface area (TPSA) is 62.3 Å². The van der Waals surface area contributed by atoms with Crippen LogP contribution in [0.25, 0.3) is 0 Å². The van der Waals surface area contributed by atoms with Crippen molar-refractivity contribution in [1.29, 1.82) is 5.41 Å². The maximum atomic E-state index is 7.69. The van der Waals surface area contributed by atoms with E-state index in [1.807, 2.05) is 12.1 Å². The number of likely N-dealkylation sites (tertiary alicyclic amines) is 1. The molecule has 116 valence electrons. The molecule has 2 rings (SSSR count). The van der Waals surface area contributed by atoms with Crippen molar-refractivity contribution < 1.29 is 4.74 Å². The Bertz CT molecular complexity index is 485. The molecule has 0 aromatic heterocycles. The first kappa shape index (κ1) is 15.8. The molecule has 1 fully saturated rings. The average Bonchev–Trinajstić information content (AvgIpc) is 2.49. The minimum absolute atomic E-state index is 0.0671. The lowest BCUT2D eigenvalue weighted by molar-refractivity contribution is 0.131. The maximum absolute atomic E-state index is 7.69. The number of hydrogen-bond donors (Lipinski definition) is 2. The summed E-state index contributed by atoms with van der Waals surface area (Å²) in [5, 5.41) is 7.69. The lowest BCUT2D eigenvalue weighted by atomic mass is 9.97. The van der Waals surface area contributed by atoms with Crippen LogP contribution in [0.3, 0.4) is 0 Å². The van der Waals surface area contributed by atoms with E-state index in [9.17, 15) is 0 Å². The summed E-state index contributed by atoms with van der Waals surface area (Å²) in [7, 11) is 1.61. The van der Waals surface area contributed by atoms with E-state index in [0.717, 1.165) is 6.54 Å². The van der Waals surface area contributed by atoms with Crippen LogP contribution in [0.5, 0.6) is 5.75 Å². The highest BCUT2D eigenvalue weighted by Crippen LogP contribution is 2.25. The molecule has 21 heavy (non-hydrogen) atoms. The van der Waals surface area contributed by atoms with Crippen molar-refractivity contribution in [2.75, 3.05) is 13.7 Å². The Morgan fingerprint density at radius 1 is 1.43 bits per heavy atom. The van der Waals surface area contributed by atoms with Gasteiger partial charge in [0.05, 0.1) is 12.7 Å². The molecule has 4 heteroatoms. The zero-order valence-electron chi connectivity index (χ0n) is 13.2. The van der Waals surface area contributed by atoms with E-state index in [1.165, 1.54) is 44.2 Å². The van der Waals surface area contributed by atoms with Crippen molar-refractivity contribution >= 4 is 5.84 Å². The van der Waals surface area contributed by atoms with Crippen LogP contribution in [-0.2, 0) is 6.54 Å². The lowest BCUT2D eigenvalue weighted by Crippen LogP contribution is -2.38. The monoisotopic (exact) mass is 289 g/mol. The molecule has 1 saturated heterocycles. The van der Waals surface area contributed by atoms with E-state index >= 15 is 0 Å². The van der Waals surface area contributed by atoms with Crippen molar-refractivity contribution in [3.05, 3.63) is 29.3 Å². The van der Waals surface area contributed by atoms with Gasteiger partial charge in [0.15, 0.2) is 0 Å². The summed E-state index contributed by atoms with van der Waals surface area (Å²) in [5.74, 6) is 0.743. The van der Waals surface area contributed by atoms with Crippen molar-refractivity contribution in [3.63, 3.8) is 0 Å². The van der Waals surface area contributed by atoms with Crippen LogP contribution in [0.15, 0.2) is 18.2 Å². The number of benzene rings is 1. The fourth-order valence-electron chi connectivity index (χ4n) is 3.23. The van der Waals surface area contributed by atoms with Crippen molar-refractivity contribution in [2.45, 2.75) is 51.6 Å². The Hall–Kier alpha value is -1.55. The van der Waals surface area contributed by atoms with Crippen LogP contribution in [0, 0.1) is 5.41 Å². The fraction of sp³-hybridized carbons (Fsp3) is 0.588. The quantitative estimate of drug-likeness (QED) is 0.624. The Labute approximate surface area is 127 Å². The number of nitrogens with two attached hydrogens (primary N) is 1. The molecule has 1 heterocycles. The molecule has 1 unspecified atom stereocenters. The number of nitrogens with zero attached hydrogens (tertiary/aromatic N) is 1. The van der Waals surface area contributed by atoms with Gasteiger partial charge in [-0.1, -0.05) is 25.8 Å². The summed E-state index contributed by atoms with van der Waals surface area (Å²) < 4.78 is 5.28. The molecular formula is C17H27N3O. The first-order chi connectivity index (χ1) is 10.2. The molecule has 1 aromatic rings. The van der Waals surface area contributed by atoms with Gasteiger partial charge < -0.3 is 10.5 Å². The van der Waals surface area contributed by atoms with Crippen LogP contribution in [0.1, 0.15) is 50.2 Å². The molecule has 4 nitrogen and oxygen atoms in total. The predicted octanol–water partition coefficient (Wildman–Crippen LogP) is 3.13. The number of nitrogens with one attached hydrogen (secondary N) is 1. The summed E-state index contributed by atoms with van der Waals surface area (Å²) in [5.41, 5.74) is 7.56. The van der Waals surface area contributed by atoms with Gasteiger partial charge in [0, 0.05) is 12.6 Å². The van der Waals surface area contributed by atoms with Crippen LogP contribution in [0.4, 0.5) is 0 Å². The standard InChI is InChI=1S/C17H27N3O/c1-3-6-14-7-4-5-10-20(14)12-13-8-9-16(21-2)15(11-13)17(18)19/h8-9,11,14H,3-7,10,12H2,1-2H3,(H3,18,19). The van der Waals surface area contributed by atoms with Crippen molar-refractivity contribution in [2.24, 2.45) is 5.73 Å². The normalized spacial score (nSPS) is 19.4. The van der Waals surface area contributed by atoms with Crippen LogP contribution < -0.4 is 10.5 Å². The van der Waals surface area contributed by atoms with Gasteiger partial charge in [-0.25, -0.2) is 0 Å². The van der Waals surface area contributed by atoms with Gasteiger partial charge >= 0.3 is 0 Å². The van der Waals surface area contributed by atoms with Crippen LogP contribution in [0.2, 0.25) is 0 Å². The zero-order valence-corrected chi connectivity index (χ0v) is 13.2. The molecule has 0 saturated carbocycles. The van der Waals surface area contributed by atoms with E-state index in [1.54, 1.807) is 7.11 Å². The predicted molar refractivity (Wildman–Crippen MR) is 87.0 cm³/mol. The molecule has 1 aromatic carbocycles. The Morgan fingerprint density at radius 2 is 2.24 bits per heavy atom. The molecule has 1 aliphatic rings. The fourth-order valence-corrected chi connectivity index (χ4v) is 3.23. The molecule has 1 atom stereocenters. The third kappa shape index (κ3) is 3.97. The van der Waals surface area contributed by atoms with Gasteiger partial charge in [-0.3, -0.25) is 10.3 Å². The van der Waals surface area contributed by atoms with Gasteiger partial charge in [0.1, 0.15) is 11.6 Å². The average molecular weight is 289 g/mol. The van der Waals surface area contributed by atoms with Crippen LogP contribution >= 0.6 is 0 Å². The molecule has 0 radical (unpaired) electrons. The SMILES string of the molecule is CCCC1CCCCN1Cc1ccc(OC)c(C(=N)N)c1. The second kappa shape index (κ2) is 7.46. The summed E-state index contributed by atoms with van der Waals surface area (Å²) in [6.07, 6.45) is 6.46. The smallest absolute Gasteiger partial charge is 0.129 e. The number of amidine groups is 1. The number of rotatable bonds is 6. The van der Waals surface area contributed by atoms with Crippen LogP contribution in [-0.4, -0.2) is 30.4 Å². The molecule has 0 spiro atoms. The number of ether oxygens (including phenoxy) is 1. The maximum Gasteiger partial charge on any atom is 0.129 e. The summed E-state index contributed by atoms with van der Waals surface area (Å²) in [6.45, 7) is 4.37. The number of hydrogen-bond acceptors (Lipinski definition) is 3. The lowest BCUT2D eigenvalue weighted by Gasteiger charge is -2.35. The van der Waals surface area contributed by atoms with Crippen molar-refractivity contribution in [1.82, 2.24) is 4.90 Å². The summed E-state index contributed by atoms with van der Waals surface area (Å²) in [4.78, 5) is 2.58. The highest BCUT2D eigenvalue weighted by Gasteiger charge is 2.21. The van der Waals surface area contributed by atoms with Gasteiger partial charge in [0.25, 0.3) is 0 Å². The van der Waals surface area contributed by atoms with E-state index in [4.69, 9.17) is 15.9 Å². The minimum Gasteiger partial charge on any atom is -0.496 e. The Balaban J connectivity index is 2.14. The number of methoxy groups -OCH3 is 1. The molecule has 0 aliphatic carbocycles. The largest absolute Gasteiger partial charge is 0.496 e. The van der Waals surface area contributed by atoms with E-state index < -0.39 is 0 Å². The number of nitrogen functional groups attached to an aromatic ring is 1. The van der Waals surface area contributed by atoms with Crippen molar-refractivity contribution in [3.8, 4) is 5.75 Å². The summed E-state index contributed by atoms with van der Waals surface area (Å²) >= 11 is 0. The molecule has 1 aliphatic heterocycles. The minimum atomic E-state index is 0.0671. The second-order valence-corrected chi connectivity index (χ2v) is 5.86. The van der Waals surface area contributed by atoms with Gasteiger partial charge in [-0.15, -0.1) is 0 Å². The second-order valence-electron chi connectivity index (χ2n) is 5.86. The van der Waals surface area contributed by atoms with E-state index in [2.05, 4.69) is 17.9 Å². The highest BCUT2D eigenvalue weighted by molar-refractivity contribution is 5.97. The van der Waals surface area contributed by atoms with E-state index in [-0.39, 0.29) is 5.84 Å².